The van der Waals surface area contributed by atoms with Crippen LogP contribution in [0, 0.1) is 0 Å². The molecule has 1 heterocycles. The molecule has 0 saturated heterocycles. The van der Waals surface area contributed by atoms with Gasteiger partial charge in [0.25, 0.3) is 0 Å². The third-order valence-electron chi connectivity index (χ3n) is 4.03. The molecule has 2 nitrogen and oxygen atoms in total. The van der Waals surface area contributed by atoms with Crippen molar-refractivity contribution in [2.24, 2.45) is 0 Å². The van der Waals surface area contributed by atoms with Gasteiger partial charge in [-0.3, -0.25) is 4.98 Å². The van der Waals surface area contributed by atoms with E-state index in [-0.39, 0.29) is 5.41 Å². The normalized spacial score (nSPS) is 13.9. The van der Waals surface area contributed by atoms with E-state index in [1.807, 2.05) is 18.3 Å². The predicted molar refractivity (Wildman–Crippen MR) is 98.7 cm³/mol. The van der Waals surface area contributed by atoms with E-state index in [4.69, 9.17) is 0 Å². The van der Waals surface area contributed by atoms with Crippen molar-refractivity contribution in [3.05, 3.63) is 77.9 Å². The van der Waals surface area contributed by atoms with E-state index >= 15 is 0 Å². The van der Waals surface area contributed by atoms with E-state index in [0.29, 0.717) is 5.76 Å². The van der Waals surface area contributed by atoms with Gasteiger partial charge in [0.15, 0.2) is 0 Å². The summed E-state index contributed by atoms with van der Waals surface area (Å²) in [7, 11) is 0. The number of hydrogen-bond acceptors (Lipinski definition) is 2. The molecule has 1 aromatic carbocycles. The van der Waals surface area contributed by atoms with Crippen molar-refractivity contribution in [3.8, 4) is 0 Å². The van der Waals surface area contributed by atoms with Crippen molar-refractivity contribution in [2.75, 3.05) is 0 Å². The third-order valence-corrected chi connectivity index (χ3v) is 4.03. The molecule has 0 aliphatic rings. The molecule has 0 atom stereocenters. The van der Waals surface area contributed by atoms with Gasteiger partial charge in [-0.25, -0.2) is 0 Å². The van der Waals surface area contributed by atoms with Gasteiger partial charge in [-0.2, -0.15) is 0 Å². The van der Waals surface area contributed by atoms with Gasteiger partial charge < -0.3 is 5.11 Å². The lowest BCUT2D eigenvalue weighted by Gasteiger charge is -2.26. The lowest BCUT2D eigenvalue weighted by Crippen LogP contribution is -2.21. The van der Waals surface area contributed by atoms with E-state index in [0.717, 1.165) is 17.5 Å². The summed E-state index contributed by atoms with van der Waals surface area (Å²) < 4.78 is 0. The highest BCUT2D eigenvalue weighted by Crippen LogP contribution is 2.32. The number of aromatic nitrogens is 1. The molecule has 0 aliphatic carbocycles. The highest BCUT2D eigenvalue weighted by Gasteiger charge is 2.25. The van der Waals surface area contributed by atoms with E-state index in [9.17, 15) is 5.11 Å². The highest BCUT2D eigenvalue weighted by molar-refractivity contribution is 5.82. The summed E-state index contributed by atoms with van der Waals surface area (Å²) in [6, 6.07) is 10.4. The van der Waals surface area contributed by atoms with Crippen LogP contribution in [0.2, 0.25) is 0 Å². The molecule has 1 aromatic heterocycles. The number of pyridine rings is 1. The first-order chi connectivity index (χ1) is 10.9. The zero-order chi connectivity index (χ0) is 16.9. The average molecular weight is 307 g/mol. The first kappa shape index (κ1) is 17.0. The van der Waals surface area contributed by atoms with Gasteiger partial charge in [0.05, 0.1) is 11.5 Å². The first-order valence-electron chi connectivity index (χ1n) is 8.05. The highest BCUT2D eigenvalue weighted by atomic mass is 16.3. The van der Waals surface area contributed by atoms with E-state index in [1.54, 1.807) is 13.0 Å². The molecule has 23 heavy (non-hydrogen) atoms. The zero-order valence-corrected chi connectivity index (χ0v) is 14.4. The lowest BCUT2D eigenvalue weighted by atomic mass is 9.79. The molecular weight excluding hydrogens is 282 g/mol. The Labute approximate surface area is 138 Å². The standard InChI is InChI=1S/C21H25NO/c1-5-9-19(13-8-10-16(2)23)21(3,4)20-14-17-11-6-7-12-18(17)15-22-20/h6-15,23H,5H2,1-4H3/b13-8-,16-10+,19-9-. The topological polar surface area (TPSA) is 33.1 Å². The Balaban J connectivity index is 2.44. The summed E-state index contributed by atoms with van der Waals surface area (Å²) in [5, 5.41) is 11.7. The number of allylic oxidation sites excluding steroid dienone is 6. The number of nitrogens with zero attached hydrogens (tertiary/aromatic N) is 1. The van der Waals surface area contributed by atoms with Crippen LogP contribution in [0.5, 0.6) is 0 Å². The average Bonchev–Trinajstić information content (AvgIpc) is 2.53. The van der Waals surface area contributed by atoms with Crippen LogP contribution in [0.15, 0.2) is 72.2 Å². The Hall–Kier alpha value is -2.35. The number of benzene rings is 1. The summed E-state index contributed by atoms with van der Waals surface area (Å²) in [4.78, 5) is 4.69. The lowest BCUT2D eigenvalue weighted by molar-refractivity contribution is 0.414. The van der Waals surface area contributed by atoms with Gasteiger partial charge in [-0.05, 0) is 36.4 Å². The fourth-order valence-electron chi connectivity index (χ4n) is 2.62. The van der Waals surface area contributed by atoms with E-state index in [1.165, 1.54) is 11.0 Å². The first-order valence-corrected chi connectivity index (χ1v) is 8.05. The summed E-state index contributed by atoms with van der Waals surface area (Å²) in [5.74, 6) is 0.304. The van der Waals surface area contributed by atoms with Crippen LogP contribution in [0.4, 0.5) is 0 Å². The SMILES string of the molecule is CC/C=C(/C=C\C=C(/C)O)C(C)(C)c1cc2ccccc2cn1. The van der Waals surface area contributed by atoms with E-state index in [2.05, 4.69) is 62.2 Å². The zero-order valence-electron chi connectivity index (χ0n) is 14.4. The summed E-state index contributed by atoms with van der Waals surface area (Å²) >= 11 is 0. The fourth-order valence-corrected chi connectivity index (χ4v) is 2.62. The predicted octanol–water partition coefficient (Wildman–Crippen LogP) is 5.87. The molecule has 0 fully saturated rings. The molecule has 0 saturated carbocycles. The number of aliphatic hydroxyl groups excluding tert-OH is 1. The third kappa shape index (κ3) is 4.10. The Bertz CT molecular complexity index is 762. The Kier molecular flexibility index (Phi) is 5.38. The summed E-state index contributed by atoms with van der Waals surface area (Å²) in [6.07, 6.45) is 10.8. The molecular formula is C21H25NO. The fraction of sp³-hybridized carbons (Fsp3) is 0.286. The van der Waals surface area contributed by atoms with Crippen LogP contribution in [0.3, 0.4) is 0 Å². The molecule has 0 amide bonds. The number of hydrogen-bond donors (Lipinski definition) is 1. The maximum Gasteiger partial charge on any atom is 0.0891 e. The Morgan fingerprint density at radius 1 is 1.22 bits per heavy atom. The largest absolute Gasteiger partial charge is 0.513 e. The Morgan fingerprint density at radius 2 is 1.91 bits per heavy atom. The van der Waals surface area contributed by atoms with Gasteiger partial charge in [0.1, 0.15) is 0 Å². The molecule has 0 spiro atoms. The number of rotatable bonds is 5. The maximum absolute atomic E-state index is 9.31. The second-order valence-electron chi connectivity index (χ2n) is 6.28. The van der Waals surface area contributed by atoms with Crippen molar-refractivity contribution in [3.63, 3.8) is 0 Å². The van der Waals surface area contributed by atoms with Crippen molar-refractivity contribution >= 4 is 10.8 Å². The van der Waals surface area contributed by atoms with Crippen molar-refractivity contribution in [1.29, 1.82) is 0 Å². The molecule has 0 bridgehead atoms. The van der Waals surface area contributed by atoms with Gasteiger partial charge >= 0.3 is 0 Å². The van der Waals surface area contributed by atoms with Crippen LogP contribution in [0.1, 0.15) is 39.8 Å². The number of fused-ring (bicyclic) bond motifs is 1. The molecule has 0 aliphatic heterocycles. The van der Waals surface area contributed by atoms with Crippen LogP contribution >= 0.6 is 0 Å². The molecule has 1 N–H and O–H groups in total. The van der Waals surface area contributed by atoms with Crippen molar-refractivity contribution in [1.82, 2.24) is 4.98 Å². The second-order valence-corrected chi connectivity index (χ2v) is 6.28. The molecule has 0 radical (unpaired) electrons. The Morgan fingerprint density at radius 3 is 2.57 bits per heavy atom. The second kappa shape index (κ2) is 7.28. The van der Waals surface area contributed by atoms with Crippen LogP contribution < -0.4 is 0 Å². The molecule has 120 valence electrons. The minimum atomic E-state index is -0.201. The summed E-state index contributed by atoms with van der Waals surface area (Å²) in [6.45, 7) is 8.17. The van der Waals surface area contributed by atoms with Gasteiger partial charge in [-0.1, -0.05) is 63.3 Å². The summed E-state index contributed by atoms with van der Waals surface area (Å²) in [5.41, 5.74) is 2.04. The van der Waals surface area contributed by atoms with Gasteiger partial charge in [0, 0.05) is 17.0 Å². The van der Waals surface area contributed by atoms with Gasteiger partial charge in [-0.15, -0.1) is 0 Å². The van der Waals surface area contributed by atoms with Crippen molar-refractivity contribution in [2.45, 2.75) is 39.5 Å². The van der Waals surface area contributed by atoms with Crippen molar-refractivity contribution < 1.29 is 5.11 Å². The molecule has 2 aromatic rings. The molecule has 2 rings (SSSR count). The quantitative estimate of drug-likeness (QED) is 0.554. The number of aliphatic hydroxyl groups is 1. The van der Waals surface area contributed by atoms with Gasteiger partial charge in [0.2, 0.25) is 0 Å². The molecule has 0 unspecified atom stereocenters. The van der Waals surface area contributed by atoms with Crippen LogP contribution in [-0.2, 0) is 5.41 Å². The van der Waals surface area contributed by atoms with Crippen LogP contribution in [0.25, 0.3) is 10.8 Å². The minimum absolute atomic E-state index is 0.201. The maximum atomic E-state index is 9.31. The molecule has 2 heteroatoms. The monoisotopic (exact) mass is 307 g/mol. The van der Waals surface area contributed by atoms with Crippen LogP contribution in [-0.4, -0.2) is 10.1 Å². The smallest absolute Gasteiger partial charge is 0.0891 e. The van der Waals surface area contributed by atoms with E-state index < -0.39 is 0 Å². The minimum Gasteiger partial charge on any atom is -0.513 e.